The number of fused-ring (bicyclic) bond motifs is 1. The van der Waals surface area contributed by atoms with Gasteiger partial charge in [-0.1, -0.05) is 45.8 Å². The van der Waals surface area contributed by atoms with Gasteiger partial charge >= 0.3 is 0 Å². The Hall–Kier alpha value is -2.47. The van der Waals surface area contributed by atoms with Crippen molar-refractivity contribution in [2.45, 2.75) is 26.3 Å². The Labute approximate surface area is 154 Å². The zero-order chi connectivity index (χ0) is 17.8. The molecule has 3 aromatic rings. The minimum atomic E-state index is -0.185. The highest BCUT2D eigenvalue weighted by molar-refractivity contribution is 9.10. The highest BCUT2D eigenvalue weighted by Gasteiger charge is 2.13. The first-order valence-corrected chi connectivity index (χ1v) is 8.81. The topological polar surface area (TPSA) is 64.0 Å². The lowest BCUT2D eigenvalue weighted by atomic mass is 10.2. The second-order valence-electron chi connectivity index (χ2n) is 5.88. The van der Waals surface area contributed by atoms with Crippen molar-refractivity contribution in [2.75, 3.05) is 0 Å². The van der Waals surface area contributed by atoms with Gasteiger partial charge in [-0.3, -0.25) is 9.59 Å². The molecule has 0 saturated carbocycles. The molecule has 128 valence electrons. The van der Waals surface area contributed by atoms with E-state index in [1.54, 1.807) is 6.20 Å². The Balaban J connectivity index is 1.56. The van der Waals surface area contributed by atoms with Crippen LogP contribution in [0.4, 0.5) is 0 Å². The van der Waals surface area contributed by atoms with E-state index in [2.05, 4.69) is 26.3 Å². The number of aryl methyl sites for hydroxylation is 1. The van der Waals surface area contributed by atoms with Crippen molar-refractivity contribution in [3.05, 3.63) is 64.3 Å². The summed E-state index contributed by atoms with van der Waals surface area (Å²) in [4.78, 5) is 24.4. The molecule has 0 aliphatic heterocycles. The molecule has 5 nitrogen and oxygen atoms in total. The Morgan fingerprint density at radius 2 is 1.96 bits per heavy atom. The molecule has 0 spiro atoms. The SMILES string of the molecule is Cc1ccc2c(cnn2C(=O)CCC(=O)NCc2ccccc2Br)c1. The van der Waals surface area contributed by atoms with Gasteiger partial charge < -0.3 is 5.32 Å². The third-order valence-corrected chi connectivity index (χ3v) is 4.73. The van der Waals surface area contributed by atoms with Crippen molar-refractivity contribution in [1.82, 2.24) is 15.1 Å². The third kappa shape index (κ3) is 4.14. The smallest absolute Gasteiger partial charge is 0.247 e. The summed E-state index contributed by atoms with van der Waals surface area (Å²) in [6.07, 6.45) is 1.93. The van der Waals surface area contributed by atoms with Gasteiger partial charge in [0.15, 0.2) is 0 Å². The first kappa shape index (κ1) is 17.4. The van der Waals surface area contributed by atoms with Crippen LogP contribution >= 0.6 is 15.9 Å². The summed E-state index contributed by atoms with van der Waals surface area (Å²) in [5.74, 6) is -0.341. The molecular formula is C19H18BrN3O2. The van der Waals surface area contributed by atoms with Crippen LogP contribution in [0.25, 0.3) is 10.9 Å². The minimum absolute atomic E-state index is 0.118. The molecule has 0 aliphatic carbocycles. The summed E-state index contributed by atoms with van der Waals surface area (Å²) < 4.78 is 2.32. The first-order valence-electron chi connectivity index (χ1n) is 8.02. The minimum Gasteiger partial charge on any atom is -0.352 e. The van der Waals surface area contributed by atoms with Crippen molar-refractivity contribution in [2.24, 2.45) is 0 Å². The molecule has 0 atom stereocenters. The van der Waals surface area contributed by atoms with E-state index in [0.29, 0.717) is 6.54 Å². The monoisotopic (exact) mass is 399 g/mol. The molecule has 2 aromatic carbocycles. The lowest BCUT2D eigenvalue weighted by molar-refractivity contribution is -0.121. The fourth-order valence-electron chi connectivity index (χ4n) is 2.60. The standard InChI is InChI=1S/C19H18BrN3O2/c1-13-6-7-17-15(10-13)12-22-23(17)19(25)9-8-18(24)21-11-14-4-2-3-5-16(14)20/h2-7,10,12H,8-9,11H2,1H3,(H,21,24). The molecular weight excluding hydrogens is 382 g/mol. The maximum absolute atomic E-state index is 12.4. The molecule has 0 unspecified atom stereocenters. The van der Waals surface area contributed by atoms with E-state index in [0.717, 1.165) is 26.5 Å². The number of carbonyl (C=O) groups is 2. The van der Waals surface area contributed by atoms with Crippen LogP contribution in [0.1, 0.15) is 28.8 Å². The van der Waals surface area contributed by atoms with E-state index >= 15 is 0 Å². The van der Waals surface area contributed by atoms with Gasteiger partial charge in [0.2, 0.25) is 11.8 Å². The summed E-state index contributed by atoms with van der Waals surface area (Å²) in [5.41, 5.74) is 2.88. The molecule has 3 rings (SSSR count). The second-order valence-corrected chi connectivity index (χ2v) is 6.73. The molecule has 1 aromatic heterocycles. The highest BCUT2D eigenvalue weighted by atomic mass is 79.9. The fraction of sp³-hybridized carbons (Fsp3) is 0.211. The maximum Gasteiger partial charge on any atom is 0.247 e. The van der Waals surface area contributed by atoms with Gasteiger partial charge in [-0.05, 0) is 30.7 Å². The molecule has 0 saturated heterocycles. The third-order valence-electron chi connectivity index (χ3n) is 3.96. The van der Waals surface area contributed by atoms with Crippen LogP contribution in [0, 0.1) is 6.92 Å². The quantitative estimate of drug-likeness (QED) is 0.708. The zero-order valence-electron chi connectivity index (χ0n) is 13.8. The predicted octanol–water partition coefficient (Wildman–Crippen LogP) is 3.84. The molecule has 25 heavy (non-hydrogen) atoms. The molecule has 0 radical (unpaired) electrons. The summed E-state index contributed by atoms with van der Waals surface area (Å²) in [6, 6.07) is 13.5. The Bertz CT molecular complexity index is 933. The Morgan fingerprint density at radius 3 is 2.76 bits per heavy atom. The highest BCUT2D eigenvalue weighted by Crippen LogP contribution is 2.17. The van der Waals surface area contributed by atoms with Gasteiger partial charge in [-0.2, -0.15) is 5.10 Å². The molecule has 0 aliphatic rings. The van der Waals surface area contributed by atoms with E-state index < -0.39 is 0 Å². The van der Waals surface area contributed by atoms with Crippen LogP contribution in [0.15, 0.2) is 53.1 Å². The first-order chi connectivity index (χ1) is 12.0. The number of benzene rings is 2. The number of nitrogens with zero attached hydrogens (tertiary/aromatic N) is 2. The zero-order valence-corrected chi connectivity index (χ0v) is 15.4. The van der Waals surface area contributed by atoms with Gasteiger partial charge in [-0.15, -0.1) is 0 Å². The average molecular weight is 400 g/mol. The van der Waals surface area contributed by atoms with Gasteiger partial charge in [0.1, 0.15) is 0 Å². The van der Waals surface area contributed by atoms with Crippen molar-refractivity contribution < 1.29 is 9.59 Å². The molecule has 0 fully saturated rings. The second kappa shape index (κ2) is 7.61. The lowest BCUT2D eigenvalue weighted by Gasteiger charge is -2.07. The van der Waals surface area contributed by atoms with E-state index in [1.807, 2.05) is 49.4 Å². The summed E-state index contributed by atoms with van der Waals surface area (Å²) >= 11 is 3.45. The van der Waals surface area contributed by atoms with Crippen LogP contribution in [-0.4, -0.2) is 21.6 Å². The normalized spacial score (nSPS) is 10.8. The van der Waals surface area contributed by atoms with Crippen LogP contribution in [0.5, 0.6) is 0 Å². The Kier molecular flexibility index (Phi) is 5.28. The van der Waals surface area contributed by atoms with Crippen LogP contribution in [0.3, 0.4) is 0 Å². The molecule has 1 amide bonds. The summed E-state index contributed by atoms with van der Waals surface area (Å²) in [6.45, 7) is 2.42. The van der Waals surface area contributed by atoms with Crippen molar-refractivity contribution in [3.63, 3.8) is 0 Å². The number of hydrogen-bond acceptors (Lipinski definition) is 3. The Morgan fingerprint density at radius 1 is 1.16 bits per heavy atom. The maximum atomic E-state index is 12.4. The molecule has 1 N–H and O–H groups in total. The van der Waals surface area contributed by atoms with E-state index in [1.165, 1.54) is 4.68 Å². The van der Waals surface area contributed by atoms with Crippen molar-refractivity contribution in [1.29, 1.82) is 0 Å². The largest absolute Gasteiger partial charge is 0.352 e. The summed E-state index contributed by atoms with van der Waals surface area (Å²) in [7, 11) is 0. The van der Waals surface area contributed by atoms with Gasteiger partial charge in [0.25, 0.3) is 0 Å². The van der Waals surface area contributed by atoms with Crippen molar-refractivity contribution >= 4 is 38.6 Å². The number of amides is 1. The summed E-state index contributed by atoms with van der Waals surface area (Å²) in [5, 5.41) is 7.91. The van der Waals surface area contributed by atoms with Gasteiger partial charge in [-0.25, -0.2) is 4.68 Å². The average Bonchev–Trinajstić information content (AvgIpc) is 3.02. The molecule has 1 heterocycles. The van der Waals surface area contributed by atoms with Crippen LogP contribution < -0.4 is 5.32 Å². The fourth-order valence-corrected chi connectivity index (χ4v) is 3.03. The van der Waals surface area contributed by atoms with Crippen LogP contribution in [-0.2, 0) is 11.3 Å². The lowest BCUT2D eigenvalue weighted by Crippen LogP contribution is -2.24. The van der Waals surface area contributed by atoms with Gasteiger partial charge in [0.05, 0.1) is 11.7 Å². The van der Waals surface area contributed by atoms with Crippen LogP contribution in [0.2, 0.25) is 0 Å². The van der Waals surface area contributed by atoms with Gasteiger partial charge in [0, 0.05) is 29.2 Å². The van der Waals surface area contributed by atoms with E-state index in [4.69, 9.17) is 0 Å². The van der Waals surface area contributed by atoms with E-state index in [9.17, 15) is 9.59 Å². The van der Waals surface area contributed by atoms with E-state index in [-0.39, 0.29) is 24.7 Å². The number of nitrogens with one attached hydrogen (secondary N) is 1. The molecule has 0 bridgehead atoms. The van der Waals surface area contributed by atoms with Crippen molar-refractivity contribution in [3.8, 4) is 0 Å². The molecule has 6 heteroatoms. The predicted molar refractivity (Wildman–Crippen MR) is 100 cm³/mol. The number of aromatic nitrogens is 2. The number of halogens is 1. The number of carbonyl (C=O) groups excluding carboxylic acids is 2. The number of hydrogen-bond donors (Lipinski definition) is 1. The number of rotatable bonds is 5.